The van der Waals surface area contributed by atoms with Crippen LogP contribution >= 0.6 is 0 Å². The molecule has 0 bridgehead atoms. The van der Waals surface area contributed by atoms with Crippen LogP contribution in [0.25, 0.3) is 0 Å². The normalized spacial score (nSPS) is 21.9. The number of nitrogens with one attached hydrogen (secondary N) is 1. The number of nitrogens with two attached hydrogens (primary N) is 1. The Balaban J connectivity index is 1.59. The van der Waals surface area contributed by atoms with Crippen molar-refractivity contribution in [3.8, 4) is 0 Å². The van der Waals surface area contributed by atoms with Gasteiger partial charge >= 0.3 is 6.03 Å². The summed E-state index contributed by atoms with van der Waals surface area (Å²) in [6.07, 6.45) is 0. The molecule has 0 aliphatic carbocycles. The Hall–Kier alpha value is -2.86. The molecular formula is C22H26N4O2. The Morgan fingerprint density at radius 1 is 1.14 bits per heavy atom. The molecule has 3 N–H and O–H groups in total. The van der Waals surface area contributed by atoms with E-state index >= 15 is 0 Å². The molecule has 2 atom stereocenters. The predicted molar refractivity (Wildman–Crippen MR) is 110 cm³/mol. The maximum absolute atomic E-state index is 13.3. The summed E-state index contributed by atoms with van der Waals surface area (Å²) in [6, 6.07) is 15.8. The van der Waals surface area contributed by atoms with Crippen LogP contribution in [0.2, 0.25) is 0 Å². The second-order valence-corrected chi connectivity index (χ2v) is 7.56. The monoisotopic (exact) mass is 378 g/mol. The van der Waals surface area contributed by atoms with Crippen molar-refractivity contribution in [3.05, 3.63) is 65.2 Å². The minimum atomic E-state index is -0.110. The van der Waals surface area contributed by atoms with Crippen LogP contribution in [0.1, 0.15) is 27.4 Å². The maximum Gasteiger partial charge on any atom is 0.322 e. The summed E-state index contributed by atoms with van der Waals surface area (Å²) in [5.41, 5.74) is 9.55. The van der Waals surface area contributed by atoms with E-state index in [1.807, 2.05) is 48.2 Å². The molecule has 2 aliphatic heterocycles. The summed E-state index contributed by atoms with van der Waals surface area (Å²) in [6.45, 7) is 5.03. The van der Waals surface area contributed by atoms with Crippen LogP contribution in [-0.4, -0.2) is 49.6 Å². The van der Waals surface area contributed by atoms with Crippen LogP contribution in [-0.2, 0) is 0 Å². The average molecular weight is 378 g/mol. The minimum absolute atomic E-state index is 0.0100. The van der Waals surface area contributed by atoms with E-state index in [1.54, 1.807) is 4.90 Å². The minimum Gasteiger partial charge on any atom is -0.338 e. The van der Waals surface area contributed by atoms with E-state index < -0.39 is 0 Å². The molecule has 0 saturated carbocycles. The van der Waals surface area contributed by atoms with E-state index in [0.717, 1.165) is 11.3 Å². The van der Waals surface area contributed by atoms with E-state index in [2.05, 4.69) is 17.4 Å². The first-order chi connectivity index (χ1) is 13.6. The van der Waals surface area contributed by atoms with Crippen molar-refractivity contribution in [2.75, 3.05) is 37.6 Å². The fourth-order valence-electron chi connectivity index (χ4n) is 4.37. The second kappa shape index (κ2) is 7.64. The van der Waals surface area contributed by atoms with E-state index in [-0.39, 0.29) is 23.8 Å². The third kappa shape index (κ3) is 3.24. The van der Waals surface area contributed by atoms with Gasteiger partial charge in [0.15, 0.2) is 0 Å². The first-order valence-electron chi connectivity index (χ1n) is 9.79. The van der Waals surface area contributed by atoms with Gasteiger partial charge in [-0.15, -0.1) is 0 Å². The van der Waals surface area contributed by atoms with Crippen LogP contribution in [0, 0.1) is 12.8 Å². The number of hydrogen-bond donors (Lipinski definition) is 2. The smallest absolute Gasteiger partial charge is 0.322 e. The summed E-state index contributed by atoms with van der Waals surface area (Å²) in [4.78, 5) is 29.0. The lowest BCUT2D eigenvalue weighted by molar-refractivity contribution is 0.0785. The molecule has 6 heteroatoms. The number of amides is 3. The van der Waals surface area contributed by atoms with Crippen LogP contribution in [0.15, 0.2) is 48.5 Å². The number of carbonyl (C=O) groups excluding carboxylic acids is 2. The van der Waals surface area contributed by atoms with Crippen LogP contribution < -0.4 is 16.0 Å². The van der Waals surface area contributed by atoms with Crippen molar-refractivity contribution in [2.45, 2.75) is 12.8 Å². The van der Waals surface area contributed by atoms with Gasteiger partial charge in [0.05, 0.1) is 0 Å². The van der Waals surface area contributed by atoms with E-state index in [9.17, 15) is 9.59 Å². The Morgan fingerprint density at radius 2 is 1.93 bits per heavy atom. The maximum atomic E-state index is 13.3. The average Bonchev–Trinajstić information content (AvgIpc) is 3.34. The van der Waals surface area contributed by atoms with Crippen LogP contribution in [0.5, 0.6) is 0 Å². The van der Waals surface area contributed by atoms with Gasteiger partial charge < -0.3 is 16.0 Å². The van der Waals surface area contributed by atoms with Crippen molar-refractivity contribution in [3.63, 3.8) is 0 Å². The topological polar surface area (TPSA) is 78.7 Å². The van der Waals surface area contributed by atoms with E-state index in [0.29, 0.717) is 38.3 Å². The zero-order chi connectivity index (χ0) is 19.7. The molecule has 2 aliphatic rings. The summed E-state index contributed by atoms with van der Waals surface area (Å²) in [7, 11) is 0. The highest BCUT2D eigenvalue weighted by Crippen LogP contribution is 2.34. The van der Waals surface area contributed by atoms with Crippen molar-refractivity contribution < 1.29 is 9.59 Å². The lowest BCUT2D eigenvalue weighted by Gasteiger charge is -2.22. The number of likely N-dealkylation sites (tertiary alicyclic amines) is 1. The predicted octanol–water partition coefficient (Wildman–Crippen LogP) is 2.34. The number of urea groups is 1. The highest BCUT2D eigenvalue weighted by atomic mass is 16.2. The third-order valence-electron chi connectivity index (χ3n) is 5.94. The van der Waals surface area contributed by atoms with E-state index in [1.165, 1.54) is 5.56 Å². The molecule has 4 rings (SSSR count). The van der Waals surface area contributed by atoms with Crippen molar-refractivity contribution in [1.82, 2.24) is 10.2 Å². The molecule has 2 saturated heterocycles. The number of nitrogens with zero attached hydrogens (tertiary/aromatic N) is 2. The molecule has 6 nitrogen and oxygen atoms in total. The molecule has 146 valence electrons. The van der Waals surface area contributed by atoms with Gasteiger partial charge in [-0.05, 0) is 42.6 Å². The van der Waals surface area contributed by atoms with Crippen molar-refractivity contribution >= 4 is 17.6 Å². The van der Waals surface area contributed by atoms with Gasteiger partial charge in [0.25, 0.3) is 5.91 Å². The third-order valence-corrected chi connectivity index (χ3v) is 5.94. The van der Waals surface area contributed by atoms with Crippen LogP contribution in [0.3, 0.4) is 0 Å². The molecular weight excluding hydrogens is 352 g/mol. The molecule has 0 aromatic heterocycles. The zero-order valence-corrected chi connectivity index (χ0v) is 16.1. The van der Waals surface area contributed by atoms with Gasteiger partial charge in [0.1, 0.15) is 0 Å². The highest BCUT2D eigenvalue weighted by Gasteiger charge is 2.36. The van der Waals surface area contributed by atoms with Crippen molar-refractivity contribution in [2.24, 2.45) is 11.7 Å². The van der Waals surface area contributed by atoms with Gasteiger partial charge in [-0.1, -0.05) is 36.4 Å². The first-order valence-corrected chi connectivity index (χ1v) is 9.79. The SMILES string of the molecule is Cc1c(C(=O)N2C[C@@H](CN)[C@H](c3ccccc3)C2)cccc1N1CCNC1=O. The Bertz CT molecular complexity index is 883. The van der Waals surface area contributed by atoms with Crippen molar-refractivity contribution in [1.29, 1.82) is 0 Å². The number of rotatable bonds is 4. The largest absolute Gasteiger partial charge is 0.338 e. The molecule has 2 fully saturated rings. The summed E-state index contributed by atoms with van der Waals surface area (Å²) in [5, 5.41) is 2.81. The zero-order valence-electron chi connectivity index (χ0n) is 16.1. The second-order valence-electron chi connectivity index (χ2n) is 7.56. The number of benzene rings is 2. The fourth-order valence-corrected chi connectivity index (χ4v) is 4.37. The molecule has 0 unspecified atom stereocenters. The molecule has 28 heavy (non-hydrogen) atoms. The summed E-state index contributed by atoms with van der Waals surface area (Å²) < 4.78 is 0. The number of carbonyl (C=O) groups is 2. The first kappa shape index (κ1) is 18.5. The molecule has 2 aromatic carbocycles. The van der Waals surface area contributed by atoms with E-state index in [4.69, 9.17) is 5.73 Å². The Morgan fingerprint density at radius 3 is 2.61 bits per heavy atom. The quantitative estimate of drug-likeness (QED) is 0.857. The molecule has 3 amide bonds. The van der Waals surface area contributed by atoms with Gasteiger partial charge in [-0.2, -0.15) is 0 Å². The van der Waals surface area contributed by atoms with Gasteiger partial charge in [-0.3, -0.25) is 9.69 Å². The van der Waals surface area contributed by atoms with Gasteiger partial charge in [0.2, 0.25) is 0 Å². The lowest BCUT2D eigenvalue weighted by atomic mass is 9.89. The van der Waals surface area contributed by atoms with Gasteiger partial charge in [0, 0.05) is 43.3 Å². The fraction of sp³-hybridized carbons (Fsp3) is 0.364. The Kier molecular flexibility index (Phi) is 5.05. The number of hydrogen-bond acceptors (Lipinski definition) is 3. The standard InChI is InChI=1S/C22H26N4O2/c1-15-18(8-5-9-20(15)26-11-10-24-22(26)28)21(27)25-13-17(12-23)19(14-25)16-6-3-2-4-7-16/h2-9,17,19H,10-14,23H2,1H3,(H,24,28)/t17-,19+/m1/s1. The molecule has 0 spiro atoms. The molecule has 2 aromatic rings. The Labute approximate surface area is 165 Å². The van der Waals surface area contributed by atoms with Crippen LogP contribution in [0.4, 0.5) is 10.5 Å². The highest BCUT2D eigenvalue weighted by molar-refractivity contribution is 6.00. The molecule has 2 heterocycles. The molecule has 0 radical (unpaired) electrons. The lowest BCUT2D eigenvalue weighted by Crippen LogP contribution is -2.32. The van der Waals surface area contributed by atoms with Gasteiger partial charge in [-0.25, -0.2) is 4.79 Å². The number of anilines is 1. The summed E-state index contributed by atoms with van der Waals surface area (Å²) in [5.74, 6) is 0.512. The summed E-state index contributed by atoms with van der Waals surface area (Å²) >= 11 is 0.